The lowest BCUT2D eigenvalue weighted by molar-refractivity contribution is 0.222. The lowest BCUT2D eigenvalue weighted by Crippen LogP contribution is -2.33. The van der Waals surface area contributed by atoms with Gasteiger partial charge in [0.25, 0.3) is 5.89 Å². The fraction of sp³-hybridized carbons (Fsp3) is 0.318. The molecule has 1 N–H and O–H groups in total. The number of nitrogens with one attached hydrogen (secondary N) is 1. The van der Waals surface area contributed by atoms with Crippen molar-refractivity contribution in [3.05, 3.63) is 70.9 Å². The molecule has 0 aliphatic rings. The van der Waals surface area contributed by atoms with E-state index in [0.29, 0.717) is 24.7 Å². The van der Waals surface area contributed by atoms with Gasteiger partial charge in [-0.2, -0.15) is 4.98 Å². The molecule has 1 aromatic heterocycles. The first kappa shape index (κ1) is 20.4. The van der Waals surface area contributed by atoms with Crippen molar-refractivity contribution in [2.75, 3.05) is 18.9 Å². The molecule has 0 aliphatic heterocycles. The first-order chi connectivity index (χ1) is 13.9. The summed E-state index contributed by atoms with van der Waals surface area (Å²) >= 11 is 0. The predicted octanol–water partition coefficient (Wildman–Crippen LogP) is 4.28. The van der Waals surface area contributed by atoms with Crippen molar-refractivity contribution in [3.8, 4) is 5.75 Å². The van der Waals surface area contributed by atoms with Crippen molar-refractivity contribution >= 4 is 11.7 Å². The van der Waals surface area contributed by atoms with Crippen LogP contribution in [0.1, 0.15) is 28.4 Å². The zero-order valence-corrected chi connectivity index (χ0v) is 17.2. The van der Waals surface area contributed by atoms with Gasteiger partial charge >= 0.3 is 6.03 Å². The number of hydrogen-bond acceptors (Lipinski definition) is 5. The minimum Gasteiger partial charge on any atom is -0.483 e. The molecule has 3 rings (SSSR count). The molecule has 7 nitrogen and oxygen atoms in total. The second kappa shape index (κ2) is 9.23. The van der Waals surface area contributed by atoms with E-state index in [4.69, 9.17) is 9.26 Å². The Hall–Kier alpha value is -3.35. The number of aryl methyl sites for hydroxylation is 3. The Morgan fingerprint density at radius 1 is 1.10 bits per heavy atom. The van der Waals surface area contributed by atoms with Crippen LogP contribution in [-0.4, -0.2) is 34.7 Å². The van der Waals surface area contributed by atoms with E-state index in [0.717, 1.165) is 28.1 Å². The molecule has 0 aliphatic carbocycles. The largest absolute Gasteiger partial charge is 0.483 e. The second-order valence-corrected chi connectivity index (χ2v) is 7.13. The van der Waals surface area contributed by atoms with Gasteiger partial charge in [0.05, 0.1) is 0 Å². The summed E-state index contributed by atoms with van der Waals surface area (Å²) in [6, 6.07) is 13.5. The maximum Gasteiger partial charge on any atom is 0.321 e. The molecule has 2 amide bonds. The van der Waals surface area contributed by atoms with Crippen LogP contribution in [0.25, 0.3) is 0 Å². The first-order valence-electron chi connectivity index (χ1n) is 9.51. The van der Waals surface area contributed by atoms with Crippen LogP contribution in [0, 0.1) is 20.8 Å². The number of carbonyl (C=O) groups excluding carboxylic acids is 1. The number of urea groups is 1. The molecule has 152 valence electrons. The summed E-state index contributed by atoms with van der Waals surface area (Å²) in [6.45, 7) is 6.69. The Bertz CT molecular complexity index is 966. The second-order valence-electron chi connectivity index (χ2n) is 7.13. The van der Waals surface area contributed by atoms with Crippen molar-refractivity contribution in [3.63, 3.8) is 0 Å². The van der Waals surface area contributed by atoms with Gasteiger partial charge in [-0.25, -0.2) is 4.79 Å². The molecule has 0 atom stereocenters. The standard InChI is InChI=1S/C22H26N4O3/c1-15-6-9-18(10-7-15)23-22(27)26(4)12-11-20-24-21(29-25-20)14-28-19-13-16(2)5-8-17(19)3/h5-10,13H,11-12,14H2,1-4H3,(H,23,27). The quantitative estimate of drug-likeness (QED) is 0.647. The highest BCUT2D eigenvalue weighted by atomic mass is 16.5. The molecule has 2 aromatic carbocycles. The minimum absolute atomic E-state index is 0.184. The van der Waals surface area contributed by atoms with Crippen LogP contribution in [-0.2, 0) is 13.0 Å². The third kappa shape index (κ3) is 5.81. The highest BCUT2D eigenvalue weighted by Crippen LogP contribution is 2.20. The summed E-state index contributed by atoms with van der Waals surface area (Å²) in [7, 11) is 1.73. The fourth-order valence-corrected chi connectivity index (χ4v) is 2.68. The van der Waals surface area contributed by atoms with E-state index in [9.17, 15) is 4.79 Å². The lowest BCUT2D eigenvalue weighted by atomic mass is 10.1. The van der Waals surface area contributed by atoms with Crippen molar-refractivity contribution in [1.82, 2.24) is 15.0 Å². The third-order valence-corrected chi connectivity index (χ3v) is 4.53. The summed E-state index contributed by atoms with van der Waals surface area (Å²) in [6.07, 6.45) is 0.491. The number of ether oxygens (including phenoxy) is 1. The van der Waals surface area contributed by atoms with E-state index in [1.165, 1.54) is 0 Å². The summed E-state index contributed by atoms with van der Waals surface area (Å²) in [5.74, 6) is 1.75. The number of hydrogen-bond donors (Lipinski definition) is 1. The van der Waals surface area contributed by atoms with Gasteiger partial charge in [0, 0.05) is 25.7 Å². The molecular weight excluding hydrogens is 368 g/mol. The van der Waals surface area contributed by atoms with Crippen LogP contribution >= 0.6 is 0 Å². The Balaban J connectivity index is 1.47. The van der Waals surface area contributed by atoms with E-state index < -0.39 is 0 Å². The molecule has 1 heterocycles. The topological polar surface area (TPSA) is 80.5 Å². The zero-order chi connectivity index (χ0) is 20.8. The van der Waals surface area contributed by atoms with E-state index in [2.05, 4.69) is 15.5 Å². The van der Waals surface area contributed by atoms with E-state index in [1.807, 2.05) is 63.2 Å². The Labute approximate surface area is 170 Å². The molecule has 0 radical (unpaired) electrons. The molecule has 0 bridgehead atoms. The number of anilines is 1. The normalized spacial score (nSPS) is 10.6. The minimum atomic E-state index is -0.184. The van der Waals surface area contributed by atoms with E-state index in [1.54, 1.807) is 11.9 Å². The number of benzene rings is 2. The Kier molecular flexibility index (Phi) is 6.49. The smallest absolute Gasteiger partial charge is 0.321 e. The Morgan fingerprint density at radius 2 is 1.83 bits per heavy atom. The number of rotatable bonds is 7. The molecule has 3 aromatic rings. The van der Waals surface area contributed by atoms with Crippen molar-refractivity contribution in [1.29, 1.82) is 0 Å². The van der Waals surface area contributed by atoms with Crippen molar-refractivity contribution in [2.45, 2.75) is 33.8 Å². The van der Waals surface area contributed by atoms with E-state index in [-0.39, 0.29) is 12.6 Å². The number of amides is 2. The van der Waals surface area contributed by atoms with Gasteiger partial charge in [-0.05, 0) is 50.1 Å². The maximum absolute atomic E-state index is 12.3. The monoisotopic (exact) mass is 394 g/mol. The summed E-state index contributed by atoms with van der Waals surface area (Å²) in [5, 5.41) is 6.83. The van der Waals surface area contributed by atoms with Crippen LogP contribution in [0.4, 0.5) is 10.5 Å². The third-order valence-electron chi connectivity index (χ3n) is 4.53. The SMILES string of the molecule is Cc1ccc(NC(=O)N(C)CCc2noc(COc3cc(C)ccc3C)n2)cc1. The van der Waals surface area contributed by atoms with Gasteiger partial charge in [0.2, 0.25) is 0 Å². The van der Waals surface area contributed by atoms with Crippen LogP contribution in [0.2, 0.25) is 0 Å². The summed E-state index contributed by atoms with van der Waals surface area (Å²) in [5.41, 5.74) is 4.09. The molecule has 0 fully saturated rings. The predicted molar refractivity (Wildman–Crippen MR) is 111 cm³/mol. The molecule has 0 spiro atoms. The first-order valence-corrected chi connectivity index (χ1v) is 9.51. The van der Waals surface area contributed by atoms with Crippen molar-refractivity contribution in [2.24, 2.45) is 0 Å². The number of nitrogens with zero attached hydrogens (tertiary/aromatic N) is 3. The van der Waals surface area contributed by atoms with Crippen LogP contribution < -0.4 is 10.1 Å². The van der Waals surface area contributed by atoms with Gasteiger partial charge < -0.3 is 19.5 Å². The molecule has 0 saturated heterocycles. The highest BCUT2D eigenvalue weighted by Gasteiger charge is 2.12. The zero-order valence-electron chi connectivity index (χ0n) is 17.2. The number of aromatic nitrogens is 2. The average molecular weight is 394 g/mol. The van der Waals surface area contributed by atoms with Gasteiger partial charge in [-0.15, -0.1) is 0 Å². The van der Waals surface area contributed by atoms with Crippen LogP contribution in [0.5, 0.6) is 5.75 Å². The van der Waals surface area contributed by atoms with Gasteiger partial charge in [0.15, 0.2) is 12.4 Å². The maximum atomic E-state index is 12.3. The average Bonchev–Trinajstić information content (AvgIpc) is 3.16. The van der Waals surface area contributed by atoms with Crippen LogP contribution in [0.3, 0.4) is 0 Å². The molecule has 0 unspecified atom stereocenters. The summed E-state index contributed by atoms with van der Waals surface area (Å²) in [4.78, 5) is 18.2. The van der Waals surface area contributed by atoms with E-state index >= 15 is 0 Å². The fourth-order valence-electron chi connectivity index (χ4n) is 2.68. The van der Waals surface area contributed by atoms with Gasteiger partial charge in [-0.3, -0.25) is 0 Å². The highest BCUT2D eigenvalue weighted by molar-refractivity contribution is 5.89. The van der Waals surface area contributed by atoms with Gasteiger partial charge in [0.1, 0.15) is 5.75 Å². The molecule has 7 heteroatoms. The Morgan fingerprint density at radius 3 is 2.59 bits per heavy atom. The number of likely N-dealkylation sites (N-methyl/N-ethyl adjacent to an activating group) is 1. The van der Waals surface area contributed by atoms with Gasteiger partial charge in [-0.1, -0.05) is 35.0 Å². The number of carbonyl (C=O) groups is 1. The summed E-state index contributed by atoms with van der Waals surface area (Å²) < 4.78 is 11.0. The lowest BCUT2D eigenvalue weighted by Gasteiger charge is -2.17. The molecule has 29 heavy (non-hydrogen) atoms. The molecular formula is C22H26N4O3. The molecule has 0 saturated carbocycles. The van der Waals surface area contributed by atoms with Crippen molar-refractivity contribution < 1.29 is 14.1 Å². The van der Waals surface area contributed by atoms with Crippen LogP contribution in [0.15, 0.2) is 47.0 Å².